The van der Waals surface area contributed by atoms with E-state index in [1.54, 1.807) is 6.08 Å². The number of hydrogen-bond donors (Lipinski definition) is 9. The average Bonchev–Trinajstić information content (AvgIpc) is 3.22. The van der Waals surface area contributed by atoms with E-state index >= 15 is 0 Å². The third-order valence-corrected chi connectivity index (χ3v) is 10.4. The van der Waals surface area contributed by atoms with Crippen LogP contribution in [0.25, 0.3) is 0 Å². The molecule has 9 N–H and O–H groups in total. The molecule has 12 unspecified atom stereocenters. The lowest BCUT2D eigenvalue weighted by Crippen LogP contribution is -2.65. The molecule has 14 nitrogen and oxygen atoms in total. The maximum absolute atomic E-state index is 13.0. The smallest absolute Gasteiger partial charge is 0.220 e. The van der Waals surface area contributed by atoms with Gasteiger partial charge in [-0.3, -0.25) is 4.79 Å². The fourth-order valence-electron chi connectivity index (χ4n) is 6.79. The van der Waals surface area contributed by atoms with Gasteiger partial charge in [0.2, 0.25) is 5.91 Å². The number of hydrogen-bond acceptors (Lipinski definition) is 13. The lowest BCUT2D eigenvalue weighted by Gasteiger charge is -2.46. The van der Waals surface area contributed by atoms with Gasteiger partial charge in [-0.05, 0) is 64.2 Å². The molecule has 1 amide bonds. The summed E-state index contributed by atoms with van der Waals surface area (Å²) < 4.78 is 22.5. The van der Waals surface area contributed by atoms with Gasteiger partial charge in [0.05, 0.1) is 32.0 Å². The first kappa shape index (κ1) is 52.1. The Balaban J connectivity index is 1.96. The summed E-state index contributed by atoms with van der Waals surface area (Å²) in [6.07, 6.45) is 17.4. The first-order valence-electron chi connectivity index (χ1n) is 21.9. The van der Waals surface area contributed by atoms with E-state index in [-0.39, 0.29) is 18.9 Å². The lowest BCUT2D eigenvalue weighted by molar-refractivity contribution is -0.359. The third kappa shape index (κ3) is 20.0. The summed E-state index contributed by atoms with van der Waals surface area (Å²) >= 11 is 0. The van der Waals surface area contributed by atoms with Crippen LogP contribution in [0.4, 0.5) is 0 Å². The van der Waals surface area contributed by atoms with Crippen LogP contribution in [0.3, 0.4) is 0 Å². The molecule has 0 radical (unpaired) electrons. The molecule has 2 aliphatic rings. The molecular formula is C44H77NO13. The molecule has 2 fully saturated rings. The number of allylic oxidation sites excluding steroid dienone is 7. The van der Waals surface area contributed by atoms with Crippen LogP contribution in [0.5, 0.6) is 0 Å². The van der Waals surface area contributed by atoms with Crippen molar-refractivity contribution < 1.29 is 64.6 Å². The molecular weight excluding hydrogens is 750 g/mol. The molecule has 0 aliphatic carbocycles. The summed E-state index contributed by atoms with van der Waals surface area (Å²) in [5.74, 6) is -0.270. The summed E-state index contributed by atoms with van der Waals surface area (Å²) in [4.78, 5) is 13.0. The second-order valence-corrected chi connectivity index (χ2v) is 15.4. The Morgan fingerprint density at radius 3 is 1.76 bits per heavy atom. The number of rotatable bonds is 31. The van der Waals surface area contributed by atoms with Crippen molar-refractivity contribution in [2.75, 3.05) is 19.8 Å². The molecule has 0 aromatic heterocycles. The van der Waals surface area contributed by atoms with Gasteiger partial charge in [-0.25, -0.2) is 0 Å². The number of aliphatic hydroxyl groups excluding tert-OH is 8. The molecule has 0 bridgehead atoms. The summed E-state index contributed by atoms with van der Waals surface area (Å²) in [6, 6.07) is -0.938. The first-order valence-corrected chi connectivity index (χ1v) is 21.9. The Morgan fingerprint density at radius 2 is 1.14 bits per heavy atom. The molecule has 2 heterocycles. The Hall–Kier alpha value is -2.05. The number of aliphatic hydroxyl groups is 8. The number of nitrogens with one attached hydrogen (secondary N) is 1. The van der Waals surface area contributed by atoms with Gasteiger partial charge in [-0.2, -0.15) is 0 Å². The molecule has 0 spiro atoms. The van der Waals surface area contributed by atoms with Crippen LogP contribution in [-0.4, -0.2) is 140 Å². The highest BCUT2D eigenvalue weighted by Gasteiger charge is 2.50. The summed E-state index contributed by atoms with van der Waals surface area (Å²) in [5.41, 5.74) is 0. The van der Waals surface area contributed by atoms with Crippen LogP contribution in [0.2, 0.25) is 0 Å². The highest BCUT2D eigenvalue weighted by molar-refractivity contribution is 5.76. The Kier molecular flexibility index (Phi) is 28.5. The van der Waals surface area contributed by atoms with Gasteiger partial charge in [0.25, 0.3) is 0 Å². The van der Waals surface area contributed by atoms with Gasteiger partial charge in [0.1, 0.15) is 48.8 Å². The fraction of sp³-hybridized carbons (Fsp3) is 0.795. The van der Waals surface area contributed by atoms with Crippen LogP contribution in [0, 0.1) is 0 Å². The zero-order chi connectivity index (χ0) is 42.5. The van der Waals surface area contributed by atoms with Crippen LogP contribution < -0.4 is 5.32 Å². The predicted molar refractivity (Wildman–Crippen MR) is 221 cm³/mol. The van der Waals surface area contributed by atoms with Gasteiger partial charge in [0, 0.05) is 6.42 Å². The molecule has 0 aromatic carbocycles. The lowest BCUT2D eigenvalue weighted by atomic mass is 9.97. The minimum Gasteiger partial charge on any atom is -0.394 e. The van der Waals surface area contributed by atoms with Crippen molar-refractivity contribution in [2.45, 2.75) is 203 Å². The van der Waals surface area contributed by atoms with Crippen molar-refractivity contribution in [2.24, 2.45) is 0 Å². The topological polar surface area (TPSA) is 228 Å². The van der Waals surface area contributed by atoms with Gasteiger partial charge in [-0.1, -0.05) is 107 Å². The largest absolute Gasteiger partial charge is 0.394 e. The van der Waals surface area contributed by atoms with Crippen molar-refractivity contribution in [3.05, 3.63) is 48.6 Å². The summed E-state index contributed by atoms with van der Waals surface area (Å²) in [7, 11) is 0. The van der Waals surface area contributed by atoms with E-state index in [2.05, 4.69) is 55.6 Å². The SMILES string of the molecule is CCC/C=C\CCCCCCCC(=O)NC(COC1OC(CO)C(OC2OC(CO)C(O)C(O)C2O)C(O)C1O)C(O)/C=C/CC/C=C/CC/C=C/CCCCCC. The number of ether oxygens (including phenoxy) is 4. The standard InChI is InChI=1S/C44H77NO13/c1-3-5-7-9-11-13-15-16-17-18-19-21-23-25-27-33(48)32(45-36(49)28-26-24-22-20-14-12-10-8-6-4-2)31-55-43-41(54)39(52)42(35(30-47)57-43)58-44-40(53)38(51)37(50)34(29-46)56-44/h8,10,13,15,18-19,25,27,32-35,37-44,46-48,50-54H,3-7,9,11-12,14,16-17,20-24,26,28-31H2,1-2H3,(H,45,49)/b10-8-,15-13+,19-18+,27-25+. The predicted octanol–water partition coefficient (Wildman–Crippen LogP) is 3.76. The highest BCUT2D eigenvalue weighted by atomic mass is 16.7. The summed E-state index contributed by atoms with van der Waals surface area (Å²) in [5, 5.41) is 86.2. The van der Waals surface area contributed by atoms with Gasteiger partial charge < -0.3 is 65.1 Å². The quantitative estimate of drug-likeness (QED) is 0.0359. The van der Waals surface area contributed by atoms with Gasteiger partial charge >= 0.3 is 0 Å². The number of carbonyl (C=O) groups excluding carboxylic acids is 1. The Morgan fingerprint density at radius 1 is 0.603 bits per heavy atom. The van der Waals surface area contributed by atoms with Gasteiger partial charge in [0.15, 0.2) is 12.6 Å². The van der Waals surface area contributed by atoms with E-state index in [1.165, 1.54) is 25.7 Å². The monoisotopic (exact) mass is 828 g/mol. The molecule has 0 aromatic rings. The molecule has 58 heavy (non-hydrogen) atoms. The minimum absolute atomic E-state index is 0.257. The van der Waals surface area contributed by atoms with E-state index in [4.69, 9.17) is 18.9 Å². The Bertz CT molecular complexity index is 1160. The highest BCUT2D eigenvalue weighted by Crippen LogP contribution is 2.29. The molecule has 14 heteroatoms. The maximum Gasteiger partial charge on any atom is 0.220 e. The number of amides is 1. The van der Waals surface area contributed by atoms with Crippen LogP contribution >= 0.6 is 0 Å². The number of carbonyl (C=O) groups is 1. The third-order valence-electron chi connectivity index (χ3n) is 10.4. The second kappa shape index (κ2) is 31.8. The fourth-order valence-corrected chi connectivity index (χ4v) is 6.79. The molecule has 336 valence electrons. The van der Waals surface area contributed by atoms with Crippen LogP contribution in [-0.2, 0) is 23.7 Å². The molecule has 2 rings (SSSR count). The number of unbranched alkanes of at least 4 members (excludes halogenated alkanes) is 12. The average molecular weight is 828 g/mol. The molecule has 12 atom stereocenters. The van der Waals surface area contributed by atoms with Crippen molar-refractivity contribution in [3.63, 3.8) is 0 Å². The zero-order valence-electron chi connectivity index (χ0n) is 35.0. The Labute approximate surface area is 346 Å². The molecule has 0 saturated carbocycles. The van der Waals surface area contributed by atoms with Crippen molar-refractivity contribution in [3.8, 4) is 0 Å². The van der Waals surface area contributed by atoms with Crippen LogP contribution in [0.15, 0.2) is 48.6 Å². The molecule has 2 saturated heterocycles. The maximum atomic E-state index is 13.0. The zero-order valence-corrected chi connectivity index (χ0v) is 35.0. The van der Waals surface area contributed by atoms with Crippen molar-refractivity contribution in [1.82, 2.24) is 5.32 Å². The van der Waals surface area contributed by atoms with E-state index in [1.807, 2.05) is 6.08 Å². The first-order chi connectivity index (χ1) is 28.1. The van der Waals surface area contributed by atoms with E-state index in [0.717, 1.165) is 70.6 Å². The van der Waals surface area contributed by atoms with E-state index < -0.39 is 86.8 Å². The van der Waals surface area contributed by atoms with Crippen molar-refractivity contribution >= 4 is 5.91 Å². The minimum atomic E-state index is -1.79. The molecule has 2 aliphatic heterocycles. The van der Waals surface area contributed by atoms with Gasteiger partial charge in [-0.15, -0.1) is 0 Å². The second-order valence-electron chi connectivity index (χ2n) is 15.4. The van der Waals surface area contributed by atoms with E-state index in [0.29, 0.717) is 12.8 Å². The van der Waals surface area contributed by atoms with Crippen LogP contribution in [0.1, 0.15) is 129 Å². The van der Waals surface area contributed by atoms with E-state index in [9.17, 15) is 45.6 Å². The normalized spacial score (nSPS) is 29.3. The van der Waals surface area contributed by atoms with Crippen molar-refractivity contribution in [1.29, 1.82) is 0 Å². The summed E-state index contributed by atoms with van der Waals surface area (Å²) in [6.45, 7) is 2.62.